The van der Waals surface area contributed by atoms with Crippen molar-refractivity contribution < 1.29 is 14.0 Å². The summed E-state index contributed by atoms with van der Waals surface area (Å²) in [6, 6.07) is 12.9. The van der Waals surface area contributed by atoms with Crippen LogP contribution in [0.5, 0.6) is 0 Å². The number of nitrogens with zero attached hydrogens (tertiary/aromatic N) is 5. The highest BCUT2D eigenvalue weighted by molar-refractivity contribution is 7.17. The zero-order valence-electron chi connectivity index (χ0n) is 21.2. The number of rotatable bonds is 8. The lowest BCUT2D eigenvalue weighted by molar-refractivity contribution is 0.102. The van der Waals surface area contributed by atoms with Crippen molar-refractivity contribution in [1.82, 2.24) is 24.8 Å². The molecule has 3 amide bonds. The predicted molar refractivity (Wildman–Crippen MR) is 148 cm³/mol. The van der Waals surface area contributed by atoms with Crippen LogP contribution in [0.25, 0.3) is 21.7 Å². The number of oxazole rings is 1. The number of aromatic nitrogens is 4. The van der Waals surface area contributed by atoms with Gasteiger partial charge < -0.3 is 14.3 Å². The Balaban J connectivity index is 1.45. The molecule has 0 atom stereocenters. The fraction of sp³-hybridized carbons (Fsp3) is 0.222. The standard InChI is InChI=1S/C27H27N7O3S/c1-17(2)30-27(36)33(3)19-6-7-21-20(13-19)31-26(34(21)12-10-18-5-4-11-28-14-18)32-25(35)24-9-8-23(38-24)22-15-29-16-37-22/h4-9,11,13-17H,10,12H2,1-3H3,(H,30,36)(H,31,32,35). The van der Waals surface area contributed by atoms with Crippen LogP contribution in [0.1, 0.15) is 29.1 Å². The Kier molecular flexibility index (Phi) is 7.18. The van der Waals surface area contributed by atoms with E-state index >= 15 is 0 Å². The lowest BCUT2D eigenvalue weighted by atomic mass is 10.2. The van der Waals surface area contributed by atoms with Gasteiger partial charge in [-0.15, -0.1) is 11.3 Å². The largest absolute Gasteiger partial charge is 0.443 e. The number of nitrogens with one attached hydrogen (secondary N) is 2. The van der Waals surface area contributed by atoms with E-state index in [1.54, 1.807) is 30.4 Å². The second-order valence-corrected chi connectivity index (χ2v) is 10.1. The summed E-state index contributed by atoms with van der Waals surface area (Å²) in [4.78, 5) is 41.5. The van der Waals surface area contributed by atoms with Crippen LogP contribution in [0.3, 0.4) is 0 Å². The minimum absolute atomic E-state index is 0.0176. The van der Waals surface area contributed by atoms with Crippen LogP contribution in [0.15, 0.2) is 71.9 Å². The highest BCUT2D eigenvalue weighted by Gasteiger charge is 2.19. The number of carbonyl (C=O) groups excluding carboxylic acids is 2. The maximum Gasteiger partial charge on any atom is 0.321 e. The number of pyridine rings is 1. The van der Waals surface area contributed by atoms with Crippen molar-refractivity contribution in [2.24, 2.45) is 0 Å². The number of thiophene rings is 1. The third kappa shape index (κ3) is 5.42. The van der Waals surface area contributed by atoms with E-state index < -0.39 is 0 Å². The average Bonchev–Trinajstić information content (AvgIpc) is 3.67. The first kappa shape index (κ1) is 25.2. The van der Waals surface area contributed by atoms with Crippen molar-refractivity contribution in [2.75, 3.05) is 17.3 Å². The lowest BCUT2D eigenvalue weighted by Crippen LogP contribution is -2.40. The van der Waals surface area contributed by atoms with Gasteiger partial charge in [0.05, 0.1) is 27.0 Å². The Morgan fingerprint density at radius 2 is 2.00 bits per heavy atom. The Bertz CT molecular complexity index is 1560. The number of imidazole rings is 1. The van der Waals surface area contributed by atoms with Crippen LogP contribution in [-0.2, 0) is 13.0 Å². The molecule has 10 nitrogen and oxygen atoms in total. The molecule has 0 saturated carbocycles. The molecule has 0 aliphatic heterocycles. The molecule has 0 radical (unpaired) electrons. The quantitative estimate of drug-likeness (QED) is 0.285. The summed E-state index contributed by atoms with van der Waals surface area (Å²) < 4.78 is 7.32. The highest BCUT2D eigenvalue weighted by Crippen LogP contribution is 2.29. The molecule has 0 aliphatic rings. The van der Waals surface area contributed by atoms with Gasteiger partial charge in [-0.05, 0) is 62.2 Å². The summed E-state index contributed by atoms with van der Waals surface area (Å²) >= 11 is 1.31. The molecule has 1 aromatic carbocycles. The maximum atomic E-state index is 13.2. The number of carbonyl (C=O) groups is 2. The van der Waals surface area contributed by atoms with E-state index in [4.69, 9.17) is 9.40 Å². The van der Waals surface area contributed by atoms with Crippen molar-refractivity contribution >= 4 is 45.9 Å². The van der Waals surface area contributed by atoms with Gasteiger partial charge in [-0.1, -0.05) is 6.07 Å². The topological polar surface area (TPSA) is 118 Å². The summed E-state index contributed by atoms with van der Waals surface area (Å²) in [5.74, 6) is 0.762. The first-order chi connectivity index (χ1) is 18.4. The Labute approximate surface area is 223 Å². The molecule has 2 N–H and O–H groups in total. The zero-order valence-corrected chi connectivity index (χ0v) is 22.0. The van der Waals surface area contributed by atoms with Gasteiger partial charge >= 0.3 is 6.03 Å². The number of fused-ring (bicyclic) bond motifs is 1. The van der Waals surface area contributed by atoms with Gasteiger partial charge in [0.2, 0.25) is 5.95 Å². The Morgan fingerprint density at radius 1 is 1.13 bits per heavy atom. The lowest BCUT2D eigenvalue weighted by Gasteiger charge is -2.19. The van der Waals surface area contributed by atoms with E-state index in [1.807, 2.05) is 61.0 Å². The number of amides is 3. The molecule has 5 aromatic rings. The molecule has 0 fully saturated rings. The molecule has 0 aliphatic carbocycles. The van der Waals surface area contributed by atoms with E-state index in [9.17, 15) is 9.59 Å². The monoisotopic (exact) mass is 529 g/mol. The van der Waals surface area contributed by atoms with E-state index in [1.165, 1.54) is 17.7 Å². The van der Waals surface area contributed by atoms with Crippen LogP contribution < -0.4 is 15.5 Å². The van der Waals surface area contributed by atoms with Crippen LogP contribution in [-0.4, -0.2) is 44.5 Å². The first-order valence-electron chi connectivity index (χ1n) is 12.1. The first-order valence-corrected chi connectivity index (χ1v) is 12.9. The van der Waals surface area contributed by atoms with Crippen molar-refractivity contribution in [3.63, 3.8) is 0 Å². The minimum atomic E-state index is -0.271. The summed E-state index contributed by atoms with van der Waals surface area (Å²) in [7, 11) is 1.71. The van der Waals surface area contributed by atoms with Crippen molar-refractivity contribution in [2.45, 2.75) is 32.9 Å². The van der Waals surface area contributed by atoms with Crippen LogP contribution in [0.4, 0.5) is 16.4 Å². The number of hydrogen-bond donors (Lipinski definition) is 2. The van der Waals surface area contributed by atoms with Gasteiger partial charge in [-0.25, -0.2) is 14.8 Å². The van der Waals surface area contributed by atoms with Gasteiger partial charge in [0, 0.05) is 37.7 Å². The molecule has 0 saturated heterocycles. The Hall–Kier alpha value is -4.51. The third-order valence-corrected chi connectivity index (χ3v) is 7.01. The van der Waals surface area contributed by atoms with Gasteiger partial charge in [-0.3, -0.25) is 20.0 Å². The van der Waals surface area contributed by atoms with Crippen molar-refractivity contribution in [3.05, 3.63) is 77.9 Å². The number of urea groups is 1. The average molecular weight is 530 g/mol. The van der Waals surface area contributed by atoms with E-state index in [-0.39, 0.29) is 18.0 Å². The predicted octanol–water partition coefficient (Wildman–Crippen LogP) is 5.20. The number of anilines is 2. The molecule has 4 heterocycles. The fourth-order valence-corrected chi connectivity index (χ4v) is 4.84. The molecule has 4 aromatic heterocycles. The zero-order chi connectivity index (χ0) is 26.6. The molecule has 11 heteroatoms. The van der Waals surface area contributed by atoms with Crippen LogP contribution in [0, 0.1) is 0 Å². The van der Waals surface area contributed by atoms with E-state index in [0.29, 0.717) is 40.8 Å². The molecule has 0 bridgehead atoms. The molecular formula is C27H27N7O3S. The minimum Gasteiger partial charge on any atom is -0.443 e. The summed E-state index contributed by atoms with van der Waals surface area (Å²) in [6.45, 7) is 4.40. The summed E-state index contributed by atoms with van der Waals surface area (Å²) in [6.07, 6.45) is 7.24. The van der Waals surface area contributed by atoms with Crippen LogP contribution in [0.2, 0.25) is 0 Å². The van der Waals surface area contributed by atoms with Crippen molar-refractivity contribution in [1.29, 1.82) is 0 Å². The molecule has 0 unspecified atom stereocenters. The van der Waals surface area contributed by atoms with Crippen LogP contribution >= 0.6 is 11.3 Å². The van der Waals surface area contributed by atoms with Gasteiger partial charge in [0.1, 0.15) is 0 Å². The highest BCUT2D eigenvalue weighted by atomic mass is 32.1. The van der Waals surface area contributed by atoms with Gasteiger partial charge in [0.25, 0.3) is 5.91 Å². The fourth-order valence-electron chi connectivity index (χ4n) is 3.99. The van der Waals surface area contributed by atoms with E-state index in [0.717, 1.165) is 16.0 Å². The number of benzene rings is 1. The maximum absolute atomic E-state index is 13.2. The molecule has 38 heavy (non-hydrogen) atoms. The second kappa shape index (κ2) is 10.9. The van der Waals surface area contributed by atoms with E-state index in [2.05, 4.69) is 20.6 Å². The van der Waals surface area contributed by atoms with Gasteiger partial charge in [0.15, 0.2) is 12.2 Å². The third-order valence-electron chi connectivity index (χ3n) is 5.91. The molecule has 194 valence electrons. The molecule has 5 rings (SSSR count). The Morgan fingerprint density at radius 3 is 2.74 bits per heavy atom. The molecular weight excluding hydrogens is 502 g/mol. The second-order valence-electron chi connectivity index (χ2n) is 9.02. The SMILES string of the molecule is CC(C)NC(=O)N(C)c1ccc2c(c1)nc(NC(=O)c1ccc(-c3cnco3)s1)n2CCc1cccnc1. The number of hydrogen-bond acceptors (Lipinski definition) is 7. The van der Waals surface area contributed by atoms with Gasteiger partial charge in [-0.2, -0.15) is 0 Å². The summed E-state index contributed by atoms with van der Waals surface area (Å²) in [5.41, 5.74) is 3.28. The number of aryl methyl sites for hydroxylation is 2. The molecule has 0 spiro atoms. The van der Waals surface area contributed by atoms with Crippen molar-refractivity contribution in [3.8, 4) is 10.6 Å². The normalized spacial score (nSPS) is 11.2. The summed E-state index contributed by atoms with van der Waals surface area (Å²) in [5, 5.41) is 5.87. The smallest absolute Gasteiger partial charge is 0.321 e.